The molecule has 2 fully saturated rings. The Morgan fingerprint density at radius 3 is 2.82 bits per heavy atom. The van der Waals surface area contributed by atoms with Gasteiger partial charge in [0, 0.05) is 0 Å². The lowest BCUT2D eigenvalue weighted by atomic mass is 10.1. The van der Waals surface area contributed by atoms with Crippen molar-refractivity contribution in [3.63, 3.8) is 0 Å². The van der Waals surface area contributed by atoms with Crippen LogP contribution in [0.1, 0.15) is 20.8 Å². The number of rotatable bonds is 0. The molecular formula is C11H18N2O4. The van der Waals surface area contributed by atoms with Crippen molar-refractivity contribution in [3.8, 4) is 0 Å². The molecule has 0 saturated carbocycles. The molecule has 2 aliphatic rings. The minimum Gasteiger partial charge on any atom is -0.444 e. The van der Waals surface area contributed by atoms with Crippen LogP contribution in [0, 0.1) is 0 Å². The van der Waals surface area contributed by atoms with Gasteiger partial charge in [-0.25, -0.2) is 4.79 Å². The van der Waals surface area contributed by atoms with Crippen LogP contribution in [0.3, 0.4) is 0 Å². The molecule has 17 heavy (non-hydrogen) atoms. The van der Waals surface area contributed by atoms with E-state index in [1.807, 2.05) is 0 Å². The number of hydrogen-bond donors (Lipinski definition) is 1. The van der Waals surface area contributed by atoms with Gasteiger partial charge in [-0.2, -0.15) is 0 Å². The van der Waals surface area contributed by atoms with Crippen LogP contribution in [0.15, 0.2) is 0 Å². The normalized spacial score (nSPS) is 28.6. The highest BCUT2D eigenvalue weighted by Crippen LogP contribution is 2.20. The largest absolute Gasteiger partial charge is 0.444 e. The SMILES string of the molecule is CC(C)(C)OC(=O)N1CC(=O)NC2COCC21. The summed E-state index contributed by atoms with van der Waals surface area (Å²) < 4.78 is 10.6. The fourth-order valence-electron chi connectivity index (χ4n) is 2.03. The number of piperazine rings is 1. The lowest BCUT2D eigenvalue weighted by Crippen LogP contribution is -2.62. The molecular weight excluding hydrogens is 224 g/mol. The van der Waals surface area contributed by atoms with Crippen LogP contribution >= 0.6 is 0 Å². The quantitative estimate of drug-likeness (QED) is 0.655. The number of nitrogens with one attached hydrogen (secondary N) is 1. The van der Waals surface area contributed by atoms with Gasteiger partial charge in [0.15, 0.2) is 0 Å². The minimum atomic E-state index is -0.556. The molecule has 1 N–H and O–H groups in total. The molecule has 0 aromatic rings. The Morgan fingerprint density at radius 2 is 2.18 bits per heavy atom. The molecule has 2 atom stereocenters. The number of amides is 2. The Balaban J connectivity index is 2.07. The van der Waals surface area contributed by atoms with E-state index in [9.17, 15) is 9.59 Å². The monoisotopic (exact) mass is 242 g/mol. The number of ether oxygens (including phenoxy) is 2. The zero-order chi connectivity index (χ0) is 12.6. The van der Waals surface area contributed by atoms with Gasteiger partial charge < -0.3 is 14.8 Å². The van der Waals surface area contributed by atoms with Gasteiger partial charge >= 0.3 is 6.09 Å². The Morgan fingerprint density at radius 1 is 1.47 bits per heavy atom. The molecule has 96 valence electrons. The van der Waals surface area contributed by atoms with E-state index in [0.717, 1.165) is 0 Å². The van der Waals surface area contributed by atoms with Gasteiger partial charge in [0.25, 0.3) is 0 Å². The summed E-state index contributed by atoms with van der Waals surface area (Å²) in [4.78, 5) is 24.9. The first-order valence-electron chi connectivity index (χ1n) is 5.73. The van der Waals surface area contributed by atoms with Crippen molar-refractivity contribution in [3.05, 3.63) is 0 Å². The van der Waals surface area contributed by atoms with Gasteiger partial charge in [-0.05, 0) is 20.8 Å². The van der Waals surface area contributed by atoms with Gasteiger partial charge in [-0.15, -0.1) is 0 Å². The fourth-order valence-corrected chi connectivity index (χ4v) is 2.03. The van der Waals surface area contributed by atoms with Crippen LogP contribution in [0.25, 0.3) is 0 Å². The average Bonchev–Trinajstić information content (AvgIpc) is 2.60. The molecule has 2 saturated heterocycles. The predicted molar refractivity (Wildman–Crippen MR) is 59.5 cm³/mol. The topological polar surface area (TPSA) is 67.9 Å². The van der Waals surface area contributed by atoms with E-state index in [-0.39, 0.29) is 24.5 Å². The van der Waals surface area contributed by atoms with Gasteiger partial charge in [0.1, 0.15) is 12.1 Å². The summed E-state index contributed by atoms with van der Waals surface area (Å²) in [5, 5.41) is 2.81. The number of fused-ring (bicyclic) bond motifs is 1. The standard InChI is InChI=1S/C11H18N2O4/c1-11(2,3)17-10(15)13-4-9(14)12-7-5-16-6-8(7)13/h7-8H,4-6H2,1-3H3,(H,12,14). The summed E-state index contributed by atoms with van der Waals surface area (Å²) in [6.45, 7) is 6.35. The number of carbonyl (C=O) groups excluding carboxylic acids is 2. The van der Waals surface area contributed by atoms with Gasteiger partial charge in [0.05, 0.1) is 25.3 Å². The van der Waals surface area contributed by atoms with E-state index < -0.39 is 11.7 Å². The van der Waals surface area contributed by atoms with Crippen LogP contribution < -0.4 is 5.32 Å². The molecule has 2 rings (SSSR count). The average molecular weight is 242 g/mol. The number of nitrogens with zero attached hydrogens (tertiary/aromatic N) is 1. The summed E-state index contributed by atoms with van der Waals surface area (Å²) in [7, 11) is 0. The van der Waals surface area contributed by atoms with Crippen LogP contribution in [-0.4, -0.2) is 54.3 Å². The Kier molecular flexibility index (Phi) is 2.99. The first kappa shape index (κ1) is 12.2. The Labute approximate surface area is 100 Å². The number of carbonyl (C=O) groups is 2. The van der Waals surface area contributed by atoms with Crippen molar-refractivity contribution >= 4 is 12.0 Å². The molecule has 0 spiro atoms. The van der Waals surface area contributed by atoms with Crippen LogP contribution in [0.5, 0.6) is 0 Å². The summed E-state index contributed by atoms with van der Waals surface area (Å²) >= 11 is 0. The second-order valence-corrected chi connectivity index (χ2v) is 5.39. The van der Waals surface area contributed by atoms with Gasteiger partial charge in [0.2, 0.25) is 5.91 Å². The first-order valence-corrected chi connectivity index (χ1v) is 5.73. The zero-order valence-electron chi connectivity index (χ0n) is 10.4. The van der Waals surface area contributed by atoms with E-state index in [4.69, 9.17) is 9.47 Å². The molecule has 0 bridgehead atoms. The maximum atomic E-state index is 12.0. The van der Waals surface area contributed by atoms with E-state index >= 15 is 0 Å². The minimum absolute atomic E-state index is 0.0411. The van der Waals surface area contributed by atoms with Crippen molar-refractivity contribution in [2.24, 2.45) is 0 Å². The highest BCUT2D eigenvalue weighted by atomic mass is 16.6. The van der Waals surface area contributed by atoms with Crippen molar-refractivity contribution in [2.45, 2.75) is 38.5 Å². The molecule has 6 nitrogen and oxygen atoms in total. The third-order valence-corrected chi connectivity index (χ3v) is 2.74. The van der Waals surface area contributed by atoms with Gasteiger partial charge in [-0.1, -0.05) is 0 Å². The predicted octanol–water partition coefficient (Wildman–Crippen LogP) is 0.121. The summed E-state index contributed by atoms with van der Waals surface area (Å²) in [6.07, 6.45) is -0.451. The summed E-state index contributed by atoms with van der Waals surface area (Å²) in [5.74, 6) is -0.164. The molecule has 2 unspecified atom stereocenters. The lowest BCUT2D eigenvalue weighted by molar-refractivity contribution is -0.126. The second kappa shape index (κ2) is 4.18. The highest BCUT2D eigenvalue weighted by Gasteiger charge is 2.42. The fraction of sp³-hybridized carbons (Fsp3) is 0.818. The molecule has 2 amide bonds. The highest BCUT2D eigenvalue weighted by molar-refractivity contribution is 5.84. The maximum Gasteiger partial charge on any atom is 0.411 e. The first-order chi connectivity index (χ1) is 7.87. The van der Waals surface area contributed by atoms with Crippen LogP contribution in [-0.2, 0) is 14.3 Å². The molecule has 2 heterocycles. The van der Waals surface area contributed by atoms with E-state index in [2.05, 4.69) is 5.32 Å². The van der Waals surface area contributed by atoms with E-state index in [1.54, 1.807) is 20.8 Å². The molecule has 6 heteroatoms. The van der Waals surface area contributed by atoms with Crippen molar-refractivity contribution in [1.82, 2.24) is 10.2 Å². The molecule has 2 aliphatic heterocycles. The summed E-state index contributed by atoms with van der Waals surface area (Å²) in [6, 6.07) is -0.216. The maximum absolute atomic E-state index is 12.0. The van der Waals surface area contributed by atoms with E-state index in [1.165, 1.54) is 4.90 Å². The van der Waals surface area contributed by atoms with Gasteiger partial charge in [-0.3, -0.25) is 9.69 Å². The molecule has 0 aliphatic carbocycles. The Bertz CT molecular complexity index is 337. The van der Waals surface area contributed by atoms with Crippen molar-refractivity contribution < 1.29 is 19.1 Å². The lowest BCUT2D eigenvalue weighted by Gasteiger charge is -2.37. The van der Waals surface area contributed by atoms with Crippen molar-refractivity contribution in [2.75, 3.05) is 19.8 Å². The van der Waals surface area contributed by atoms with Crippen molar-refractivity contribution in [1.29, 1.82) is 0 Å². The number of hydrogen-bond acceptors (Lipinski definition) is 4. The molecule has 0 aromatic carbocycles. The summed E-state index contributed by atoms with van der Waals surface area (Å²) in [5.41, 5.74) is -0.556. The van der Waals surface area contributed by atoms with Crippen LogP contribution in [0.4, 0.5) is 4.79 Å². The zero-order valence-corrected chi connectivity index (χ0v) is 10.4. The van der Waals surface area contributed by atoms with Crippen LogP contribution in [0.2, 0.25) is 0 Å². The third kappa shape index (κ3) is 2.69. The Hall–Kier alpha value is -1.30. The van der Waals surface area contributed by atoms with E-state index in [0.29, 0.717) is 13.2 Å². The second-order valence-electron chi connectivity index (χ2n) is 5.39. The molecule has 0 aromatic heterocycles. The third-order valence-electron chi connectivity index (χ3n) is 2.74. The molecule has 0 radical (unpaired) electrons. The smallest absolute Gasteiger partial charge is 0.411 e.